The van der Waals surface area contributed by atoms with Gasteiger partial charge in [0.05, 0.1) is 16.6 Å². The van der Waals surface area contributed by atoms with Crippen LogP contribution in [-0.4, -0.2) is 9.13 Å². The molecule has 154 valence electrons. The van der Waals surface area contributed by atoms with Crippen LogP contribution in [0, 0.1) is 0 Å². The van der Waals surface area contributed by atoms with Gasteiger partial charge in [0.15, 0.2) is 0 Å². The highest BCUT2D eigenvalue weighted by Gasteiger charge is 2.20. The summed E-state index contributed by atoms with van der Waals surface area (Å²) < 4.78 is 6.11. The standard InChI is InChI=1S/C30H18N2S/c1-2-9-22(10-3-1)31-16-15-21-17-25-29-23(30(21)31)14-13-19-8-6-11-24(28(19)29)32(25)27-18-20-7-4-5-12-26(20)33-27/h1-18H. The molecule has 0 N–H and O–H groups in total. The van der Waals surface area contributed by atoms with Crippen molar-refractivity contribution in [2.75, 3.05) is 0 Å². The summed E-state index contributed by atoms with van der Waals surface area (Å²) in [6.07, 6.45) is 2.20. The van der Waals surface area contributed by atoms with E-state index in [9.17, 15) is 0 Å². The smallest absolute Gasteiger partial charge is 0.101 e. The summed E-state index contributed by atoms with van der Waals surface area (Å²) in [4.78, 5) is 0. The molecule has 2 nitrogen and oxygen atoms in total. The molecule has 0 saturated heterocycles. The monoisotopic (exact) mass is 438 g/mol. The van der Waals surface area contributed by atoms with Gasteiger partial charge in [0.25, 0.3) is 0 Å². The van der Waals surface area contributed by atoms with Gasteiger partial charge < -0.3 is 9.13 Å². The topological polar surface area (TPSA) is 9.86 Å². The lowest BCUT2D eigenvalue weighted by Gasteiger charge is -2.10. The number of thiophene rings is 1. The van der Waals surface area contributed by atoms with Crippen LogP contribution < -0.4 is 0 Å². The van der Waals surface area contributed by atoms with Gasteiger partial charge in [-0.05, 0) is 53.2 Å². The molecule has 0 aliphatic heterocycles. The number of para-hydroxylation sites is 1. The van der Waals surface area contributed by atoms with Crippen LogP contribution in [0.15, 0.2) is 109 Å². The number of benzene rings is 5. The van der Waals surface area contributed by atoms with Gasteiger partial charge in [-0.15, -0.1) is 11.3 Å². The van der Waals surface area contributed by atoms with Gasteiger partial charge >= 0.3 is 0 Å². The third-order valence-electron chi connectivity index (χ3n) is 6.89. The number of fused-ring (bicyclic) bond motifs is 3. The second kappa shape index (κ2) is 6.25. The molecular weight excluding hydrogens is 420 g/mol. The van der Waals surface area contributed by atoms with Crippen LogP contribution in [0.1, 0.15) is 0 Å². The minimum Gasteiger partial charge on any atom is -0.316 e. The first-order valence-electron chi connectivity index (χ1n) is 11.2. The van der Waals surface area contributed by atoms with Crippen molar-refractivity contribution in [2.45, 2.75) is 0 Å². The summed E-state index contributed by atoms with van der Waals surface area (Å²) in [6.45, 7) is 0. The van der Waals surface area contributed by atoms with Gasteiger partial charge in [-0.3, -0.25) is 0 Å². The zero-order valence-corrected chi connectivity index (χ0v) is 18.5. The number of rotatable bonds is 2. The van der Waals surface area contributed by atoms with Gasteiger partial charge in [0, 0.05) is 38.1 Å². The van der Waals surface area contributed by atoms with E-state index in [1.807, 2.05) is 11.3 Å². The predicted molar refractivity (Wildman–Crippen MR) is 142 cm³/mol. The summed E-state index contributed by atoms with van der Waals surface area (Å²) in [5, 5.41) is 9.13. The Bertz CT molecular complexity index is 1930. The minimum atomic E-state index is 1.19. The average Bonchev–Trinajstić information content (AvgIpc) is 3.56. The molecule has 0 spiro atoms. The average molecular weight is 439 g/mol. The van der Waals surface area contributed by atoms with Crippen LogP contribution in [0.25, 0.3) is 64.3 Å². The predicted octanol–water partition coefficient (Wildman–Crippen LogP) is 8.53. The molecule has 0 bridgehead atoms. The lowest BCUT2D eigenvalue weighted by molar-refractivity contribution is 1.13. The Hall–Kier alpha value is -4.08. The SMILES string of the molecule is c1ccc(-n2ccc3cc4c5c(ccc6cccc(c65)n4-c4cc5ccccc5s4)c32)cc1. The Morgan fingerprint density at radius 1 is 0.576 bits per heavy atom. The molecule has 0 aliphatic rings. The van der Waals surface area contributed by atoms with Crippen molar-refractivity contribution in [3.63, 3.8) is 0 Å². The van der Waals surface area contributed by atoms with Crippen LogP contribution in [0.2, 0.25) is 0 Å². The Morgan fingerprint density at radius 3 is 2.33 bits per heavy atom. The molecular formula is C30H18N2S. The highest BCUT2D eigenvalue weighted by Crippen LogP contribution is 2.44. The Kier molecular flexibility index (Phi) is 3.31. The first kappa shape index (κ1) is 17.5. The second-order valence-corrected chi connectivity index (χ2v) is 9.74. The molecule has 8 rings (SSSR count). The zero-order valence-electron chi connectivity index (χ0n) is 17.7. The largest absolute Gasteiger partial charge is 0.316 e. The van der Waals surface area contributed by atoms with Crippen LogP contribution in [0.5, 0.6) is 0 Å². The minimum absolute atomic E-state index is 1.19. The van der Waals surface area contributed by atoms with Gasteiger partial charge in [-0.25, -0.2) is 0 Å². The van der Waals surface area contributed by atoms with Gasteiger partial charge in [-0.2, -0.15) is 0 Å². The number of hydrogen-bond donors (Lipinski definition) is 0. The molecule has 8 aromatic rings. The summed E-state index contributed by atoms with van der Waals surface area (Å²) in [6, 6.07) is 37.5. The van der Waals surface area contributed by atoms with E-state index in [0.717, 1.165) is 0 Å². The van der Waals surface area contributed by atoms with E-state index in [1.54, 1.807) is 0 Å². The third-order valence-corrected chi connectivity index (χ3v) is 7.99. The van der Waals surface area contributed by atoms with Crippen LogP contribution in [0.4, 0.5) is 0 Å². The Morgan fingerprint density at radius 2 is 1.42 bits per heavy atom. The van der Waals surface area contributed by atoms with E-state index < -0.39 is 0 Å². The lowest BCUT2D eigenvalue weighted by atomic mass is 10.0. The number of nitrogens with zero attached hydrogens (tertiary/aromatic N) is 2. The summed E-state index contributed by atoms with van der Waals surface area (Å²) in [5.41, 5.74) is 5.02. The molecule has 0 amide bonds. The highest BCUT2D eigenvalue weighted by molar-refractivity contribution is 7.21. The van der Waals surface area contributed by atoms with Crippen LogP contribution in [0.3, 0.4) is 0 Å². The molecule has 0 radical (unpaired) electrons. The van der Waals surface area contributed by atoms with E-state index in [4.69, 9.17) is 0 Å². The Balaban J connectivity index is 1.57. The molecule has 33 heavy (non-hydrogen) atoms. The molecule has 0 unspecified atom stereocenters. The maximum Gasteiger partial charge on any atom is 0.101 e. The van der Waals surface area contributed by atoms with Gasteiger partial charge in [-0.1, -0.05) is 60.7 Å². The fourth-order valence-electron chi connectivity index (χ4n) is 5.50. The second-order valence-electron chi connectivity index (χ2n) is 8.68. The maximum atomic E-state index is 2.47. The van der Waals surface area contributed by atoms with Crippen molar-refractivity contribution in [2.24, 2.45) is 0 Å². The fourth-order valence-corrected chi connectivity index (χ4v) is 6.59. The van der Waals surface area contributed by atoms with Crippen molar-refractivity contribution in [3.8, 4) is 10.7 Å². The molecule has 3 heterocycles. The number of aromatic nitrogens is 2. The zero-order chi connectivity index (χ0) is 21.5. The van der Waals surface area contributed by atoms with Gasteiger partial charge in [0.2, 0.25) is 0 Å². The fraction of sp³-hybridized carbons (Fsp3) is 0. The van der Waals surface area contributed by atoms with E-state index in [2.05, 4.69) is 118 Å². The van der Waals surface area contributed by atoms with Gasteiger partial charge in [0.1, 0.15) is 5.00 Å². The van der Waals surface area contributed by atoms with Crippen molar-refractivity contribution in [3.05, 3.63) is 109 Å². The van der Waals surface area contributed by atoms with Crippen molar-refractivity contribution in [1.29, 1.82) is 0 Å². The molecule has 5 aromatic carbocycles. The summed E-state index contributed by atoms with van der Waals surface area (Å²) in [5.74, 6) is 0. The normalized spacial score (nSPS) is 12.2. The van der Waals surface area contributed by atoms with Crippen molar-refractivity contribution >= 4 is 64.9 Å². The van der Waals surface area contributed by atoms with Crippen molar-refractivity contribution < 1.29 is 0 Å². The summed E-state index contributed by atoms with van der Waals surface area (Å²) in [7, 11) is 0. The molecule has 3 heteroatoms. The number of hydrogen-bond acceptors (Lipinski definition) is 1. The summed E-state index contributed by atoms with van der Waals surface area (Å²) >= 11 is 1.86. The highest BCUT2D eigenvalue weighted by atomic mass is 32.1. The van der Waals surface area contributed by atoms with Crippen LogP contribution >= 0.6 is 11.3 Å². The van der Waals surface area contributed by atoms with E-state index in [1.165, 1.54) is 64.3 Å². The maximum absolute atomic E-state index is 2.47. The first-order chi connectivity index (χ1) is 16.4. The first-order valence-corrected chi connectivity index (χ1v) is 12.0. The van der Waals surface area contributed by atoms with Crippen LogP contribution in [-0.2, 0) is 0 Å². The third kappa shape index (κ3) is 2.27. The van der Waals surface area contributed by atoms with E-state index in [0.29, 0.717) is 0 Å². The van der Waals surface area contributed by atoms with E-state index in [-0.39, 0.29) is 0 Å². The van der Waals surface area contributed by atoms with E-state index >= 15 is 0 Å². The molecule has 3 aromatic heterocycles. The molecule has 0 fully saturated rings. The van der Waals surface area contributed by atoms with Crippen molar-refractivity contribution in [1.82, 2.24) is 9.13 Å². The Labute approximate surface area is 193 Å². The quantitative estimate of drug-likeness (QED) is 0.239. The molecule has 0 saturated carbocycles. The molecule has 0 aliphatic carbocycles. The lowest BCUT2D eigenvalue weighted by Crippen LogP contribution is -1.93. The molecule has 0 atom stereocenters.